The van der Waals surface area contributed by atoms with Gasteiger partial charge in [-0.15, -0.1) is 0 Å². The van der Waals surface area contributed by atoms with Crippen LogP contribution in [0.2, 0.25) is 5.02 Å². The van der Waals surface area contributed by atoms with E-state index in [0.29, 0.717) is 10.7 Å². The van der Waals surface area contributed by atoms with E-state index >= 15 is 0 Å². The number of amides is 2. The number of hydrogen-bond acceptors (Lipinski definition) is 3. The van der Waals surface area contributed by atoms with Crippen molar-refractivity contribution in [3.8, 4) is 0 Å². The summed E-state index contributed by atoms with van der Waals surface area (Å²) in [5.41, 5.74) is 0.573. The number of rotatable bonds is 8. The molecule has 0 aromatic heterocycles. The minimum absolute atomic E-state index is 0.0678. The summed E-state index contributed by atoms with van der Waals surface area (Å²) in [6.45, 7) is 4.39. The fourth-order valence-electron chi connectivity index (χ4n) is 2.06. The third kappa shape index (κ3) is 6.45. The number of hydrogen-bond donors (Lipinski definition) is 2. The van der Waals surface area contributed by atoms with Crippen molar-refractivity contribution in [2.45, 2.75) is 32.7 Å². The van der Waals surface area contributed by atoms with Crippen LogP contribution in [0.15, 0.2) is 24.3 Å². The molecule has 22 heavy (non-hydrogen) atoms. The van der Waals surface area contributed by atoms with Gasteiger partial charge in [0.2, 0.25) is 11.8 Å². The van der Waals surface area contributed by atoms with Gasteiger partial charge >= 0.3 is 0 Å². The average molecular weight is 326 g/mol. The lowest BCUT2D eigenvalue weighted by Crippen LogP contribution is -2.42. The second-order valence-electron chi connectivity index (χ2n) is 5.28. The molecule has 0 aliphatic rings. The maximum atomic E-state index is 11.9. The Morgan fingerprint density at radius 2 is 1.73 bits per heavy atom. The van der Waals surface area contributed by atoms with Crippen molar-refractivity contribution >= 4 is 29.1 Å². The van der Waals surface area contributed by atoms with E-state index in [0.717, 1.165) is 12.8 Å². The van der Waals surface area contributed by atoms with Gasteiger partial charge in [-0.3, -0.25) is 14.5 Å². The minimum Gasteiger partial charge on any atom is -0.352 e. The zero-order chi connectivity index (χ0) is 16.5. The van der Waals surface area contributed by atoms with E-state index in [-0.39, 0.29) is 30.9 Å². The summed E-state index contributed by atoms with van der Waals surface area (Å²) < 4.78 is 0. The number of halogens is 1. The molecule has 0 aliphatic carbocycles. The largest absolute Gasteiger partial charge is 0.352 e. The highest BCUT2D eigenvalue weighted by Gasteiger charge is 2.13. The van der Waals surface area contributed by atoms with Gasteiger partial charge in [-0.2, -0.15) is 0 Å². The topological polar surface area (TPSA) is 61.4 Å². The fourth-order valence-corrected chi connectivity index (χ4v) is 2.25. The molecule has 0 radical (unpaired) electrons. The first kappa shape index (κ1) is 18.5. The Kier molecular flexibility index (Phi) is 7.91. The lowest BCUT2D eigenvalue weighted by Gasteiger charge is -2.19. The van der Waals surface area contributed by atoms with Crippen LogP contribution in [0.4, 0.5) is 5.69 Å². The van der Waals surface area contributed by atoms with Gasteiger partial charge in [0.1, 0.15) is 0 Å². The SMILES string of the molecule is CCC(CC)NC(=O)CN(C)CC(=O)Nc1ccccc1Cl. The van der Waals surface area contributed by atoms with Gasteiger partial charge in [0, 0.05) is 6.04 Å². The van der Waals surface area contributed by atoms with Crippen molar-refractivity contribution in [2.24, 2.45) is 0 Å². The molecule has 0 saturated carbocycles. The van der Waals surface area contributed by atoms with E-state index in [2.05, 4.69) is 10.6 Å². The van der Waals surface area contributed by atoms with Crippen LogP contribution in [-0.2, 0) is 9.59 Å². The normalized spacial score (nSPS) is 10.8. The molecule has 0 fully saturated rings. The first-order valence-electron chi connectivity index (χ1n) is 7.48. The molecule has 1 aromatic carbocycles. The van der Waals surface area contributed by atoms with Gasteiger partial charge in [-0.05, 0) is 32.0 Å². The highest BCUT2D eigenvalue weighted by Crippen LogP contribution is 2.20. The van der Waals surface area contributed by atoms with Gasteiger partial charge in [-0.1, -0.05) is 37.6 Å². The minimum atomic E-state index is -0.203. The fraction of sp³-hybridized carbons (Fsp3) is 0.500. The van der Waals surface area contributed by atoms with E-state index in [1.54, 1.807) is 36.2 Å². The van der Waals surface area contributed by atoms with Gasteiger partial charge in [0.25, 0.3) is 0 Å². The third-order valence-corrected chi connectivity index (χ3v) is 3.66. The van der Waals surface area contributed by atoms with Crippen molar-refractivity contribution in [3.63, 3.8) is 0 Å². The van der Waals surface area contributed by atoms with Crippen LogP contribution in [0.1, 0.15) is 26.7 Å². The van der Waals surface area contributed by atoms with Crippen LogP contribution in [0, 0.1) is 0 Å². The van der Waals surface area contributed by atoms with E-state index in [1.807, 2.05) is 13.8 Å². The van der Waals surface area contributed by atoms with Crippen LogP contribution in [0.3, 0.4) is 0 Å². The second-order valence-corrected chi connectivity index (χ2v) is 5.69. The molecular formula is C16H24ClN3O2. The van der Waals surface area contributed by atoms with Crippen molar-refractivity contribution in [3.05, 3.63) is 29.3 Å². The Bertz CT molecular complexity index is 504. The summed E-state index contributed by atoms with van der Waals surface area (Å²) in [5, 5.41) is 6.17. The zero-order valence-electron chi connectivity index (χ0n) is 13.4. The Balaban J connectivity index is 2.41. The molecule has 122 valence electrons. The monoisotopic (exact) mass is 325 g/mol. The number of anilines is 1. The highest BCUT2D eigenvalue weighted by atomic mass is 35.5. The number of carbonyl (C=O) groups excluding carboxylic acids is 2. The molecule has 0 heterocycles. The zero-order valence-corrected chi connectivity index (χ0v) is 14.1. The first-order chi connectivity index (χ1) is 10.5. The molecule has 2 N–H and O–H groups in total. The Labute approximate surface area is 137 Å². The lowest BCUT2D eigenvalue weighted by molar-refractivity contribution is -0.123. The smallest absolute Gasteiger partial charge is 0.238 e. The highest BCUT2D eigenvalue weighted by molar-refractivity contribution is 6.33. The predicted molar refractivity (Wildman–Crippen MR) is 90.1 cm³/mol. The third-order valence-electron chi connectivity index (χ3n) is 3.33. The van der Waals surface area contributed by atoms with Gasteiger partial charge < -0.3 is 10.6 Å². The summed E-state index contributed by atoms with van der Waals surface area (Å²) in [5.74, 6) is -0.271. The van der Waals surface area contributed by atoms with E-state index in [1.165, 1.54) is 0 Å². The summed E-state index contributed by atoms with van der Waals surface area (Å²) in [4.78, 5) is 25.5. The lowest BCUT2D eigenvalue weighted by atomic mass is 10.2. The summed E-state index contributed by atoms with van der Waals surface area (Å²) in [6, 6.07) is 7.24. The van der Waals surface area contributed by atoms with Crippen molar-refractivity contribution < 1.29 is 9.59 Å². The van der Waals surface area contributed by atoms with Crippen LogP contribution in [-0.4, -0.2) is 42.9 Å². The summed E-state index contributed by atoms with van der Waals surface area (Å²) in [6.07, 6.45) is 1.80. The van der Waals surface area contributed by atoms with Crippen LogP contribution in [0.5, 0.6) is 0 Å². The Hall–Kier alpha value is -1.59. The van der Waals surface area contributed by atoms with Crippen molar-refractivity contribution in [1.82, 2.24) is 10.2 Å². The van der Waals surface area contributed by atoms with Gasteiger partial charge in [-0.25, -0.2) is 0 Å². The molecule has 0 saturated heterocycles. The molecule has 1 rings (SSSR count). The molecule has 6 heteroatoms. The molecular weight excluding hydrogens is 302 g/mol. The molecule has 0 bridgehead atoms. The number of likely N-dealkylation sites (N-methyl/N-ethyl adjacent to an activating group) is 1. The molecule has 5 nitrogen and oxygen atoms in total. The van der Waals surface area contributed by atoms with Crippen LogP contribution in [0.25, 0.3) is 0 Å². The molecule has 1 aromatic rings. The molecule has 0 atom stereocenters. The predicted octanol–water partition coefficient (Wildman–Crippen LogP) is 2.52. The Morgan fingerprint density at radius 1 is 1.14 bits per heavy atom. The maximum Gasteiger partial charge on any atom is 0.238 e. The van der Waals surface area contributed by atoms with Crippen LogP contribution < -0.4 is 10.6 Å². The summed E-state index contributed by atoms with van der Waals surface area (Å²) in [7, 11) is 1.73. The van der Waals surface area contributed by atoms with Crippen molar-refractivity contribution in [2.75, 3.05) is 25.5 Å². The average Bonchev–Trinajstić information content (AvgIpc) is 2.46. The summed E-state index contributed by atoms with van der Waals surface area (Å²) >= 11 is 5.99. The number of carbonyl (C=O) groups is 2. The number of nitrogens with one attached hydrogen (secondary N) is 2. The molecule has 0 spiro atoms. The van der Waals surface area contributed by atoms with E-state index in [9.17, 15) is 9.59 Å². The van der Waals surface area contributed by atoms with Crippen molar-refractivity contribution in [1.29, 1.82) is 0 Å². The molecule has 2 amide bonds. The van der Waals surface area contributed by atoms with E-state index in [4.69, 9.17) is 11.6 Å². The maximum absolute atomic E-state index is 11.9. The van der Waals surface area contributed by atoms with Gasteiger partial charge in [0.15, 0.2) is 0 Å². The molecule has 0 aliphatic heterocycles. The van der Waals surface area contributed by atoms with Crippen LogP contribution >= 0.6 is 11.6 Å². The van der Waals surface area contributed by atoms with Gasteiger partial charge in [0.05, 0.1) is 23.8 Å². The second kappa shape index (κ2) is 9.43. The molecule has 0 unspecified atom stereocenters. The number of benzene rings is 1. The number of para-hydroxylation sites is 1. The first-order valence-corrected chi connectivity index (χ1v) is 7.86. The quantitative estimate of drug-likeness (QED) is 0.772. The Morgan fingerprint density at radius 3 is 2.32 bits per heavy atom. The van der Waals surface area contributed by atoms with E-state index < -0.39 is 0 Å². The number of nitrogens with zero attached hydrogens (tertiary/aromatic N) is 1. The standard InChI is InChI=1S/C16H24ClN3O2/c1-4-12(5-2)18-15(21)10-20(3)11-16(22)19-14-9-7-6-8-13(14)17/h6-9,12H,4-5,10-11H2,1-3H3,(H,18,21)(H,19,22).